The van der Waals surface area contributed by atoms with E-state index in [1.807, 2.05) is 37.3 Å². The van der Waals surface area contributed by atoms with Gasteiger partial charge in [0.25, 0.3) is 0 Å². The van der Waals surface area contributed by atoms with E-state index in [9.17, 15) is 22.8 Å². The van der Waals surface area contributed by atoms with Crippen molar-refractivity contribution in [2.24, 2.45) is 0 Å². The minimum Gasteiger partial charge on any atom is -0.354 e. The topological polar surface area (TPSA) is 104 Å². The molecule has 0 heterocycles. The SMILES string of the molecule is CCCNC(=O)[C@@H](C)N(CCc1ccccc1)C(=O)CN(c1cccc(C(C)=O)c1)S(C)(=O)=O. The third-order valence-electron chi connectivity index (χ3n) is 5.42. The highest BCUT2D eigenvalue weighted by Crippen LogP contribution is 2.20. The molecule has 1 atom stereocenters. The van der Waals surface area contributed by atoms with Gasteiger partial charge in [-0.05, 0) is 44.4 Å². The molecule has 184 valence electrons. The van der Waals surface area contributed by atoms with Crippen molar-refractivity contribution in [1.82, 2.24) is 10.2 Å². The molecule has 8 nitrogen and oxygen atoms in total. The van der Waals surface area contributed by atoms with Crippen LogP contribution in [0.25, 0.3) is 0 Å². The van der Waals surface area contributed by atoms with Crippen LogP contribution in [0.5, 0.6) is 0 Å². The lowest BCUT2D eigenvalue weighted by Crippen LogP contribution is -2.52. The number of carbonyl (C=O) groups is 3. The fourth-order valence-corrected chi connectivity index (χ4v) is 4.30. The molecule has 2 aromatic rings. The monoisotopic (exact) mass is 487 g/mol. The van der Waals surface area contributed by atoms with Gasteiger partial charge in [-0.25, -0.2) is 8.42 Å². The molecule has 34 heavy (non-hydrogen) atoms. The van der Waals surface area contributed by atoms with Crippen molar-refractivity contribution in [3.05, 3.63) is 65.7 Å². The number of benzene rings is 2. The van der Waals surface area contributed by atoms with E-state index < -0.39 is 28.5 Å². The number of rotatable bonds is 12. The van der Waals surface area contributed by atoms with Gasteiger partial charge in [0.2, 0.25) is 21.8 Å². The van der Waals surface area contributed by atoms with Gasteiger partial charge in [-0.15, -0.1) is 0 Å². The van der Waals surface area contributed by atoms with E-state index in [1.54, 1.807) is 19.1 Å². The molecule has 2 rings (SSSR count). The van der Waals surface area contributed by atoms with Gasteiger partial charge in [0, 0.05) is 18.7 Å². The molecule has 2 amide bonds. The normalized spacial score (nSPS) is 12.0. The molecule has 0 aliphatic heterocycles. The first kappa shape index (κ1) is 27.0. The van der Waals surface area contributed by atoms with E-state index in [-0.39, 0.29) is 23.9 Å². The second kappa shape index (κ2) is 12.3. The second-order valence-corrected chi connectivity index (χ2v) is 10.1. The summed E-state index contributed by atoms with van der Waals surface area (Å²) in [7, 11) is -3.84. The number of Topliss-reactive ketones (excluding diaryl/α,β-unsaturated/α-hetero) is 1. The zero-order chi connectivity index (χ0) is 25.3. The number of sulfonamides is 1. The molecule has 0 spiro atoms. The van der Waals surface area contributed by atoms with Crippen LogP contribution < -0.4 is 9.62 Å². The van der Waals surface area contributed by atoms with Gasteiger partial charge in [0.15, 0.2) is 5.78 Å². The maximum Gasteiger partial charge on any atom is 0.244 e. The van der Waals surface area contributed by atoms with Crippen LogP contribution in [0.2, 0.25) is 0 Å². The minimum atomic E-state index is -3.84. The Kier molecular flexibility index (Phi) is 9.80. The summed E-state index contributed by atoms with van der Waals surface area (Å²) in [6, 6.07) is 14.9. The Hall–Kier alpha value is -3.20. The van der Waals surface area contributed by atoms with Gasteiger partial charge in [-0.1, -0.05) is 49.4 Å². The van der Waals surface area contributed by atoms with Gasteiger partial charge < -0.3 is 10.2 Å². The number of hydrogen-bond donors (Lipinski definition) is 1. The summed E-state index contributed by atoms with van der Waals surface area (Å²) in [5.41, 5.74) is 1.55. The minimum absolute atomic E-state index is 0.215. The molecule has 2 aromatic carbocycles. The molecule has 0 fully saturated rings. The van der Waals surface area contributed by atoms with Gasteiger partial charge in [0.1, 0.15) is 12.6 Å². The Bertz CT molecular complexity index is 1100. The first-order valence-corrected chi connectivity index (χ1v) is 13.1. The molecular weight excluding hydrogens is 454 g/mol. The lowest BCUT2D eigenvalue weighted by atomic mass is 10.1. The highest BCUT2D eigenvalue weighted by atomic mass is 32.2. The van der Waals surface area contributed by atoms with E-state index >= 15 is 0 Å². The molecule has 0 aliphatic rings. The van der Waals surface area contributed by atoms with Crippen molar-refractivity contribution in [1.29, 1.82) is 0 Å². The Labute approximate surface area is 202 Å². The Balaban J connectivity index is 2.33. The standard InChI is InChI=1S/C25H33N3O5S/c1-5-15-26-25(31)19(2)27(16-14-21-10-7-6-8-11-21)24(30)18-28(34(4,32)33)23-13-9-12-22(17-23)20(3)29/h6-13,17,19H,5,14-16,18H2,1-4H3,(H,26,31)/t19-/m1/s1. The molecule has 0 saturated carbocycles. The van der Waals surface area contributed by atoms with Crippen molar-refractivity contribution >= 4 is 33.3 Å². The zero-order valence-electron chi connectivity index (χ0n) is 20.2. The number of nitrogens with one attached hydrogen (secondary N) is 1. The summed E-state index contributed by atoms with van der Waals surface area (Å²) in [4.78, 5) is 39.3. The Morgan fingerprint density at radius 3 is 2.29 bits per heavy atom. The molecule has 0 bridgehead atoms. The lowest BCUT2D eigenvalue weighted by molar-refractivity contribution is -0.138. The summed E-state index contributed by atoms with van der Waals surface area (Å²) >= 11 is 0. The van der Waals surface area contributed by atoms with Crippen LogP contribution in [0.15, 0.2) is 54.6 Å². The summed E-state index contributed by atoms with van der Waals surface area (Å²) < 4.78 is 26.1. The van der Waals surface area contributed by atoms with Crippen LogP contribution in [0.3, 0.4) is 0 Å². The van der Waals surface area contributed by atoms with Crippen LogP contribution >= 0.6 is 0 Å². The van der Waals surface area contributed by atoms with Crippen molar-refractivity contribution in [2.75, 3.05) is 30.2 Å². The van der Waals surface area contributed by atoms with Crippen LogP contribution in [-0.2, 0) is 26.0 Å². The van der Waals surface area contributed by atoms with E-state index in [2.05, 4.69) is 5.32 Å². The first-order valence-electron chi connectivity index (χ1n) is 11.2. The largest absolute Gasteiger partial charge is 0.354 e. The van der Waals surface area contributed by atoms with Gasteiger partial charge in [-0.2, -0.15) is 0 Å². The van der Waals surface area contributed by atoms with Crippen LogP contribution in [0.1, 0.15) is 43.1 Å². The predicted octanol–water partition coefficient (Wildman–Crippen LogP) is 2.64. The van der Waals surface area contributed by atoms with E-state index in [0.717, 1.165) is 22.5 Å². The van der Waals surface area contributed by atoms with Crippen molar-refractivity contribution in [3.8, 4) is 0 Å². The summed E-state index contributed by atoms with van der Waals surface area (Å²) in [6.07, 6.45) is 2.27. The zero-order valence-corrected chi connectivity index (χ0v) is 21.0. The average Bonchev–Trinajstić information content (AvgIpc) is 2.80. The fraction of sp³-hybridized carbons (Fsp3) is 0.400. The maximum absolute atomic E-state index is 13.4. The number of hydrogen-bond acceptors (Lipinski definition) is 5. The smallest absolute Gasteiger partial charge is 0.244 e. The molecule has 0 aliphatic carbocycles. The van der Waals surface area contributed by atoms with E-state index in [0.29, 0.717) is 18.5 Å². The first-order chi connectivity index (χ1) is 16.0. The van der Waals surface area contributed by atoms with Crippen LogP contribution in [0, 0.1) is 0 Å². The highest BCUT2D eigenvalue weighted by Gasteiger charge is 2.29. The fourth-order valence-electron chi connectivity index (χ4n) is 3.46. The number of nitrogens with zero attached hydrogens (tertiary/aromatic N) is 2. The second-order valence-electron chi connectivity index (χ2n) is 8.17. The molecule has 0 aromatic heterocycles. The summed E-state index contributed by atoms with van der Waals surface area (Å²) in [6.45, 7) is 5.20. The molecule has 0 saturated heterocycles. The van der Waals surface area contributed by atoms with Crippen molar-refractivity contribution in [3.63, 3.8) is 0 Å². The molecule has 9 heteroatoms. The summed E-state index contributed by atoms with van der Waals surface area (Å²) in [5, 5.41) is 2.80. The van der Waals surface area contributed by atoms with Gasteiger partial charge >= 0.3 is 0 Å². The molecular formula is C25H33N3O5S. The van der Waals surface area contributed by atoms with Crippen LogP contribution in [-0.4, -0.2) is 62.8 Å². The number of amides is 2. The van der Waals surface area contributed by atoms with Gasteiger partial charge in [0.05, 0.1) is 11.9 Å². The summed E-state index contributed by atoms with van der Waals surface area (Å²) in [5.74, 6) is -1.02. The predicted molar refractivity (Wildman–Crippen MR) is 133 cm³/mol. The van der Waals surface area contributed by atoms with Crippen molar-refractivity contribution < 1.29 is 22.8 Å². The van der Waals surface area contributed by atoms with Crippen molar-refractivity contribution in [2.45, 2.75) is 39.7 Å². The third kappa shape index (κ3) is 7.69. The van der Waals surface area contributed by atoms with Gasteiger partial charge in [-0.3, -0.25) is 18.7 Å². The molecule has 0 radical (unpaired) electrons. The van der Waals surface area contributed by atoms with Crippen LogP contribution in [0.4, 0.5) is 5.69 Å². The molecule has 1 N–H and O–H groups in total. The quantitative estimate of drug-likeness (QED) is 0.464. The average molecular weight is 488 g/mol. The lowest BCUT2D eigenvalue weighted by Gasteiger charge is -2.31. The van der Waals surface area contributed by atoms with E-state index in [1.165, 1.54) is 24.0 Å². The number of ketones is 1. The Morgan fingerprint density at radius 1 is 1.03 bits per heavy atom. The van der Waals surface area contributed by atoms with E-state index in [4.69, 9.17) is 0 Å². The number of carbonyl (C=O) groups excluding carboxylic acids is 3. The maximum atomic E-state index is 13.4. The third-order valence-corrected chi connectivity index (χ3v) is 6.56. The Morgan fingerprint density at radius 2 is 1.71 bits per heavy atom. The highest BCUT2D eigenvalue weighted by molar-refractivity contribution is 7.92. The number of anilines is 1. The molecule has 0 unspecified atom stereocenters.